The number of hydrogen-bond donors (Lipinski definition) is 2. The van der Waals surface area contributed by atoms with Gasteiger partial charge in [-0.05, 0) is 31.0 Å². The van der Waals surface area contributed by atoms with Gasteiger partial charge in [-0.1, -0.05) is 48.0 Å². The molecule has 1 saturated heterocycles. The molecule has 0 aliphatic carbocycles. The number of nitrogens with one attached hydrogen (secondary N) is 2. The summed E-state index contributed by atoms with van der Waals surface area (Å²) in [5, 5.41) is 5.57. The summed E-state index contributed by atoms with van der Waals surface area (Å²) in [6, 6.07) is 16.7. The topological polar surface area (TPSA) is 61.4 Å². The van der Waals surface area contributed by atoms with Crippen LogP contribution in [0, 0.1) is 6.92 Å². The van der Waals surface area contributed by atoms with E-state index in [1.165, 1.54) is 5.56 Å². The smallest absolute Gasteiger partial charge is 0.315 e. The monoisotopic (exact) mass is 323 g/mol. The van der Waals surface area contributed by atoms with Crippen LogP contribution in [0.2, 0.25) is 0 Å². The van der Waals surface area contributed by atoms with Gasteiger partial charge in [0.15, 0.2) is 0 Å². The summed E-state index contributed by atoms with van der Waals surface area (Å²) < 4.78 is 0. The third-order valence-electron chi connectivity index (χ3n) is 4.15. The number of benzene rings is 2. The van der Waals surface area contributed by atoms with E-state index in [9.17, 15) is 9.59 Å². The molecule has 0 saturated carbocycles. The molecule has 1 aliphatic heterocycles. The van der Waals surface area contributed by atoms with Gasteiger partial charge in [0, 0.05) is 18.8 Å². The van der Waals surface area contributed by atoms with Gasteiger partial charge < -0.3 is 15.5 Å². The van der Waals surface area contributed by atoms with Gasteiger partial charge in [-0.15, -0.1) is 0 Å². The predicted octanol–water partition coefficient (Wildman–Crippen LogP) is 2.60. The third kappa shape index (κ3) is 3.74. The number of rotatable bonds is 4. The molecule has 24 heavy (non-hydrogen) atoms. The summed E-state index contributed by atoms with van der Waals surface area (Å²) in [5.74, 6) is -0.0633. The van der Waals surface area contributed by atoms with Gasteiger partial charge in [0.05, 0.1) is 0 Å². The SMILES string of the molecule is Cc1ccc(CNC(=O)N[C@@H]2CCN(c3ccccc3)C2=O)cc1. The van der Waals surface area contributed by atoms with Crippen molar-refractivity contribution in [1.82, 2.24) is 10.6 Å². The molecule has 1 fully saturated rings. The van der Waals surface area contributed by atoms with Crippen molar-refractivity contribution in [2.24, 2.45) is 0 Å². The number of carbonyl (C=O) groups excluding carboxylic acids is 2. The molecule has 2 aromatic rings. The summed E-state index contributed by atoms with van der Waals surface area (Å²) >= 11 is 0. The zero-order valence-electron chi connectivity index (χ0n) is 13.7. The lowest BCUT2D eigenvalue weighted by atomic mass is 10.1. The normalized spacial score (nSPS) is 17.0. The number of aryl methyl sites for hydroxylation is 1. The van der Waals surface area contributed by atoms with Crippen molar-refractivity contribution in [3.8, 4) is 0 Å². The molecule has 0 aromatic heterocycles. The van der Waals surface area contributed by atoms with Crippen LogP contribution >= 0.6 is 0 Å². The highest BCUT2D eigenvalue weighted by Gasteiger charge is 2.33. The number of hydrogen-bond acceptors (Lipinski definition) is 2. The van der Waals surface area contributed by atoms with Gasteiger partial charge in [-0.25, -0.2) is 4.79 Å². The van der Waals surface area contributed by atoms with Crippen molar-refractivity contribution < 1.29 is 9.59 Å². The fourth-order valence-electron chi connectivity index (χ4n) is 2.78. The van der Waals surface area contributed by atoms with Gasteiger partial charge in [-0.3, -0.25) is 4.79 Å². The molecule has 3 rings (SSSR count). The Morgan fingerprint density at radius 3 is 2.54 bits per heavy atom. The number of amides is 3. The van der Waals surface area contributed by atoms with Gasteiger partial charge >= 0.3 is 6.03 Å². The summed E-state index contributed by atoms with van der Waals surface area (Å²) in [6.07, 6.45) is 0.617. The Labute approximate surface area is 141 Å². The van der Waals surface area contributed by atoms with Crippen LogP contribution in [0.15, 0.2) is 54.6 Å². The summed E-state index contributed by atoms with van der Waals surface area (Å²) in [4.78, 5) is 26.2. The van der Waals surface area contributed by atoms with E-state index >= 15 is 0 Å². The minimum atomic E-state index is -0.469. The minimum Gasteiger partial charge on any atom is -0.334 e. The van der Waals surface area contributed by atoms with E-state index in [0.29, 0.717) is 19.5 Å². The minimum absolute atomic E-state index is 0.0633. The number of anilines is 1. The van der Waals surface area contributed by atoms with Gasteiger partial charge in [0.1, 0.15) is 6.04 Å². The van der Waals surface area contributed by atoms with Crippen molar-refractivity contribution >= 4 is 17.6 Å². The molecule has 1 atom stereocenters. The maximum Gasteiger partial charge on any atom is 0.315 e. The number of nitrogens with zero attached hydrogens (tertiary/aromatic N) is 1. The average molecular weight is 323 g/mol. The lowest BCUT2D eigenvalue weighted by Gasteiger charge is -2.17. The van der Waals surface area contributed by atoms with Crippen LogP contribution in [0.4, 0.5) is 10.5 Å². The summed E-state index contributed by atoms with van der Waals surface area (Å²) in [5.41, 5.74) is 3.08. The first-order chi connectivity index (χ1) is 11.6. The number of para-hydroxylation sites is 1. The predicted molar refractivity (Wildman–Crippen MR) is 93.8 cm³/mol. The fraction of sp³-hybridized carbons (Fsp3) is 0.263. The first-order valence-corrected chi connectivity index (χ1v) is 8.10. The van der Waals surface area contributed by atoms with Crippen LogP contribution in [-0.4, -0.2) is 24.5 Å². The standard InChI is InChI=1S/C19H21N3O2/c1-14-7-9-15(10-8-14)13-20-19(24)21-17-11-12-22(18(17)23)16-5-3-2-4-6-16/h2-10,17H,11-13H2,1H3,(H2,20,21,24)/t17-/m1/s1. The Hall–Kier alpha value is -2.82. The van der Waals surface area contributed by atoms with Crippen molar-refractivity contribution in [2.45, 2.75) is 25.9 Å². The molecule has 0 bridgehead atoms. The first kappa shape index (κ1) is 16.1. The van der Waals surface area contributed by atoms with E-state index in [1.807, 2.05) is 61.5 Å². The molecule has 0 spiro atoms. The molecule has 3 amide bonds. The zero-order valence-corrected chi connectivity index (χ0v) is 13.7. The Morgan fingerprint density at radius 2 is 1.83 bits per heavy atom. The largest absolute Gasteiger partial charge is 0.334 e. The van der Waals surface area contributed by atoms with Gasteiger partial charge in [0.2, 0.25) is 5.91 Å². The first-order valence-electron chi connectivity index (χ1n) is 8.10. The van der Waals surface area contributed by atoms with Crippen LogP contribution in [0.3, 0.4) is 0 Å². The van der Waals surface area contributed by atoms with Crippen molar-refractivity contribution in [1.29, 1.82) is 0 Å². The lowest BCUT2D eigenvalue weighted by Crippen LogP contribution is -2.45. The second-order valence-corrected chi connectivity index (χ2v) is 5.98. The molecule has 2 aromatic carbocycles. The Bertz CT molecular complexity index is 713. The third-order valence-corrected chi connectivity index (χ3v) is 4.15. The highest BCUT2D eigenvalue weighted by atomic mass is 16.2. The molecule has 0 unspecified atom stereocenters. The molecule has 124 valence electrons. The molecule has 5 nitrogen and oxygen atoms in total. The Balaban J connectivity index is 1.52. The second kappa shape index (κ2) is 7.17. The quantitative estimate of drug-likeness (QED) is 0.908. The molecular weight excluding hydrogens is 302 g/mol. The van der Waals surface area contributed by atoms with Crippen LogP contribution in [0.1, 0.15) is 17.5 Å². The Kier molecular flexibility index (Phi) is 4.79. The van der Waals surface area contributed by atoms with Crippen LogP contribution in [-0.2, 0) is 11.3 Å². The van der Waals surface area contributed by atoms with Crippen LogP contribution < -0.4 is 15.5 Å². The zero-order chi connectivity index (χ0) is 16.9. The van der Waals surface area contributed by atoms with Crippen LogP contribution in [0.25, 0.3) is 0 Å². The van der Waals surface area contributed by atoms with Crippen LogP contribution in [0.5, 0.6) is 0 Å². The molecule has 0 radical (unpaired) electrons. The van der Waals surface area contributed by atoms with E-state index in [4.69, 9.17) is 0 Å². The van der Waals surface area contributed by atoms with Crippen molar-refractivity contribution in [3.05, 3.63) is 65.7 Å². The van der Waals surface area contributed by atoms with E-state index in [-0.39, 0.29) is 11.9 Å². The Morgan fingerprint density at radius 1 is 1.12 bits per heavy atom. The highest BCUT2D eigenvalue weighted by Crippen LogP contribution is 2.20. The van der Waals surface area contributed by atoms with Crippen molar-refractivity contribution in [2.75, 3.05) is 11.4 Å². The number of urea groups is 1. The maximum atomic E-state index is 12.4. The van der Waals surface area contributed by atoms with E-state index in [1.54, 1.807) is 4.90 Å². The van der Waals surface area contributed by atoms with Gasteiger partial charge in [-0.2, -0.15) is 0 Å². The molecule has 2 N–H and O–H groups in total. The van der Waals surface area contributed by atoms with E-state index < -0.39 is 6.04 Å². The maximum absolute atomic E-state index is 12.4. The molecular formula is C19H21N3O2. The number of carbonyl (C=O) groups is 2. The molecule has 1 heterocycles. The molecule has 5 heteroatoms. The second-order valence-electron chi connectivity index (χ2n) is 5.98. The summed E-state index contributed by atoms with van der Waals surface area (Å²) in [6.45, 7) is 3.08. The highest BCUT2D eigenvalue weighted by molar-refractivity contribution is 6.01. The summed E-state index contributed by atoms with van der Waals surface area (Å²) in [7, 11) is 0. The van der Waals surface area contributed by atoms with Crippen molar-refractivity contribution in [3.63, 3.8) is 0 Å². The van der Waals surface area contributed by atoms with E-state index in [2.05, 4.69) is 10.6 Å². The average Bonchev–Trinajstić information content (AvgIpc) is 2.96. The molecule has 1 aliphatic rings. The lowest BCUT2D eigenvalue weighted by molar-refractivity contribution is -0.118. The van der Waals surface area contributed by atoms with Gasteiger partial charge in [0.25, 0.3) is 0 Å². The van der Waals surface area contributed by atoms with E-state index in [0.717, 1.165) is 11.3 Å². The fourth-order valence-corrected chi connectivity index (χ4v) is 2.78.